The highest BCUT2D eigenvalue weighted by molar-refractivity contribution is 7.86. The molecule has 0 saturated heterocycles. The minimum atomic E-state index is -4.72. The maximum absolute atomic E-state index is 10.8. The number of carboxylic acids is 1. The minimum Gasteiger partial charge on any atom is -0.480 e. The second-order valence-electron chi connectivity index (χ2n) is 2.75. The molecule has 0 saturated carbocycles. The topological polar surface area (TPSA) is 91.7 Å². The van der Waals surface area contributed by atoms with E-state index in [0.29, 0.717) is 0 Å². The molecule has 0 aromatic heterocycles. The highest BCUT2D eigenvalue weighted by Crippen LogP contribution is 2.28. The Kier molecular flexibility index (Phi) is 3.33. The first-order valence-electron chi connectivity index (χ1n) is 3.77. The molecule has 0 spiro atoms. The van der Waals surface area contributed by atoms with Crippen LogP contribution >= 0.6 is 11.6 Å². The van der Waals surface area contributed by atoms with Crippen molar-refractivity contribution < 1.29 is 22.9 Å². The van der Waals surface area contributed by atoms with Crippen molar-refractivity contribution in [3.63, 3.8) is 0 Å². The van der Waals surface area contributed by atoms with Crippen LogP contribution in [0.4, 0.5) is 0 Å². The molecule has 7 heteroatoms. The Morgan fingerprint density at radius 1 is 1.33 bits per heavy atom. The fourth-order valence-corrected chi connectivity index (χ4v) is 2.20. The Hall–Kier alpha value is -1.11. The van der Waals surface area contributed by atoms with Gasteiger partial charge in [-0.25, -0.2) is 0 Å². The molecule has 1 rings (SSSR count). The van der Waals surface area contributed by atoms with E-state index in [0.717, 1.165) is 0 Å². The average Bonchev–Trinajstić information content (AvgIpc) is 2.05. The lowest BCUT2D eigenvalue weighted by molar-refractivity contribution is -0.136. The summed E-state index contributed by atoms with van der Waals surface area (Å²) in [6.07, 6.45) is 0. The normalized spacial score (nSPS) is 13.5. The second-order valence-corrected chi connectivity index (χ2v) is 4.66. The highest BCUT2D eigenvalue weighted by Gasteiger charge is 2.34. The van der Waals surface area contributed by atoms with Gasteiger partial charge >= 0.3 is 5.97 Å². The summed E-state index contributed by atoms with van der Waals surface area (Å²) in [5, 5.41) is 6.61. The minimum absolute atomic E-state index is 0.0254. The van der Waals surface area contributed by atoms with E-state index in [4.69, 9.17) is 21.3 Å². The zero-order valence-corrected chi connectivity index (χ0v) is 8.86. The number of halogens is 1. The van der Waals surface area contributed by atoms with Gasteiger partial charge in [0.2, 0.25) is 5.25 Å². The average molecular weight is 251 g/mol. The molecule has 2 N–H and O–H groups in total. The van der Waals surface area contributed by atoms with E-state index in [2.05, 4.69) is 0 Å². The summed E-state index contributed by atoms with van der Waals surface area (Å²) in [7, 11) is -4.72. The van der Waals surface area contributed by atoms with Gasteiger partial charge < -0.3 is 5.11 Å². The lowest BCUT2D eigenvalue weighted by Gasteiger charge is -2.10. The standard InChI is InChI=1S/C8H7ClO5S/c9-6-4-2-1-3-5(6)7(8(10)11)15(12,13)14/h1-4,7H,(H,10,11)(H,12,13,14). The fourth-order valence-electron chi connectivity index (χ4n) is 1.11. The van der Waals surface area contributed by atoms with Crippen LogP contribution in [0.2, 0.25) is 5.02 Å². The lowest BCUT2D eigenvalue weighted by atomic mass is 10.1. The molecular formula is C8H7ClO5S. The number of carboxylic acid groups (broad SMARTS) is 1. The van der Waals surface area contributed by atoms with Gasteiger partial charge in [-0.1, -0.05) is 29.8 Å². The molecule has 1 aromatic rings. The number of aliphatic carboxylic acids is 1. The van der Waals surface area contributed by atoms with Crippen molar-refractivity contribution in [1.82, 2.24) is 0 Å². The Bertz CT molecular complexity index is 482. The number of hydrogen-bond donors (Lipinski definition) is 2. The van der Waals surface area contributed by atoms with Crippen molar-refractivity contribution >= 4 is 27.7 Å². The molecule has 0 amide bonds. The summed E-state index contributed by atoms with van der Waals surface area (Å²) in [5.74, 6) is -1.68. The molecule has 5 nitrogen and oxygen atoms in total. The molecular weight excluding hydrogens is 244 g/mol. The van der Waals surface area contributed by atoms with Crippen LogP contribution in [-0.4, -0.2) is 24.0 Å². The van der Waals surface area contributed by atoms with E-state index in [1.54, 1.807) is 0 Å². The third-order valence-electron chi connectivity index (χ3n) is 1.71. The van der Waals surface area contributed by atoms with Crippen LogP contribution in [0, 0.1) is 0 Å². The number of rotatable bonds is 3. The molecule has 1 unspecified atom stereocenters. The molecule has 82 valence electrons. The van der Waals surface area contributed by atoms with Crippen LogP contribution < -0.4 is 0 Å². The zero-order valence-electron chi connectivity index (χ0n) is 7.29. The van der Waals surface area contributed by atoms with Crippen LogP contribution in [0.1, 0.15) is 10.8 Å². The molecule has 0 aliphatic heterocycles. The van der Waals surface area contributed by atoms with Gasteiger partial charge in [-0.15, -0.1) is 0 Å². The maximum Gasteiger partial charge on any atom is 0.329 e. The molecule has 0 aliphatic carbocycles. The molecule has 0 fully saturated rings. The van der Waals surface area contributed by atoms with Crippen molar-refractivity contribution in [2.75, 3.05) is 0 Å². The van der Waals surface area contributed by atoms with Gasteiger partial charge in [0.25, 0.3) is 10.1 Å². The Morgan fingerprint density at radius 3 is 2.27 bits per heavy atom. The number of hydrogen-bond acceptors (Lipinski definition) is 3. The van der Waals surface area contributed by atoms with Crippen LogP contribution in [0.3, 0.4) is 0 Å². The Labute approximate surface area is 91.0 Å². The van der Waals surface area contributed by atoms with Gasteiger partial charge in [0.15, 0.2) is 0 Å². The fraction of sp³-hybridized carbons (Fsp3) is 0.125. The van der Waals surface area contributed by atoms with Crippen molar-refractivity contribution in [3.8, 4) is 0 Å². The molecule has 15 heavy (non-hydrogen) atoms. The molecule has 1 atom stereocenters. The first kappa shape index (κ1) is 12.0. The van der Waals surface area contributed by atoms with E-state index in [-0.39, 0.29) is 10.6 Å². The van der Waals surface area contributed by atoms with Crippen LogP contribution in [0.15, 0.2) is 24.3 Å². The van der Waals surface area contributed by atoms with E-state index in [1.807, 2.05) is 0 Å². The van der Waals surface area contributed by atoms with Crippen LogP contribution in [0.5, 0.6) is 0 Å². The van der Waals surface area contributed by atoms with E-state index < -0.39 is 21.3 Å². The molecule has 1 aromatic carbocycles. The monoisotopic (exact) mass is 250 g/mol. The van der Waals surface area contributed by atoms with Gasteiger partial charge in [-0.2, -0.15) is 8.42 Å². The first-order chi connectivity index (χ1) is 6.84. The summed E-state index contributed by atoms with van der Waals surface area (Å²) < 4.78 is 30.4. The van der Waals surface area contributed by atoms with Gasteiger partial charge in [-0.05, 0) is 6.07 Å². The highest BCUT2D eigenvalue weighted by atomic mass is 35.5. The van der Waals surface area contributed by atoms with Gasteiger partial charge in [0, 0.05) is 10.6 Å². The molecule has 0 bridgehead atoms. The predicted molar refractivity (Wildman–Crippen MR) is 53.4 cm³/mol. The van der Waals surface area contributed by atoms with Crippen molar-refractivity contribution in [1.29, 1.82) is 0 Å². The van der Waals surface area contributed by atoms with Gasteiger partial charge in [-0.3, -0.25) is 9.35 Å². The Balaban J connectivity index is 3.36. The lowest BCUT2D eigenvalue weighted by Crippen LogP contribution is -2.21. The van der Waals surface area contributed by atoms with Gasteiger partial charge in [0.1, 0.15) is 0 Å². The van der Waals surface area contributed by atoms with E-state index >= 15 is 0 Å². The Morgan fingerprint density at radius 2 is 1.87 bits per heavy atom. The van der Waals surface area contributed by atoms with Crippen LogP contribution in [0.25, 0.3) is 0 Å². The summed E-state index contributed by atoms with van der Waals surface area (Å²) in [6.45, 7) is 0. The maximum atomic E-state index is 10.8. The quantitative estimate of drug-likeness (QED) is 0.790. The van der Waals surface area contributed by atoms with Gasteiger partial charge in [0.05, 0.1) is 0 Å². The summed E-state index contributed by atoms with van der Waals surface area (Å²) in [4.78, 5) is 10.7. The second kappa shape index (κ2) is 4.18. The van der Waals surface area contributed by atoms with Crippen LogP contribution in [-0.2, 0) is 14.9 Å². The number of benzene rings is 1. The third kappa shape index (κ3) is 2.68. The third-order valence-corrected chi connectivity index (χ3v) is 3.11. The number of carbonyl (C=O) groups is 1. The van der Waals surface area contributed by atoms with Crippen molar-refractivity contribution in [3.05, 3.63) is 34.9 Å². The van der Waals surface area contributed by atoms with Crippen molar-refractivity contribution in [2.24, 2.45) is 0 Å². The van der Waals surface area contributed by atoms with E-state index in [1.165, 1.54) is 24.3 Å². The molecule has 0 heterocycles. The molecule has 0 radical (unpaired) electrons. The predicted octanol–water partition coefficient (Wildman–Crippen LogP) is 1.35. The summed E-state index contributed by atoms with van der Waals surface area (Å²) >= 11 is 5.63. The smallest absolute Gasteiger partial charge is 0.329 e. The largest absolute Gasteiger partial charge is 0.480 e. The summed E-state index contributed by atoms with van der Waals surface area (Å²) in [6, 6.07) is 5.53. The van der Waals surface area contributed by atoms with Crippen molar-refractivity contribution in [2.45, 2.75) is 5.25 Å². The zero-order chi connectivity index (χ0) is 11.6. The van der Waals surface area contributed by atoms with E-state index in [9.17, 15) is 13.2 Å². The first-order valence-corrected chi connectivity index (χ1v) is 5.65. The molecule has 0 aliphatic rings. The SMILES string of the molecule is O=C(O)C(c1ccccc1Cl)S(=O)(=O)O. The summed E-state index contributed by atoms with van der Waals surface area (Å²) in [5.41, 5.74) is -0.158.